The van der Waals surface area contributed by atoms with Gasteiger partial charge in [0.15, 0.2) is 0 Å². The molecule has 1 N–H and O–H groups in total. The molecule has 0 aromatic carbocycles. The zero-order valence-electron chi connectivity index (χ0n) is 11.2. The summed E-state index contributed by atoms with van der Waals surface area (Å²) in [6.07, 6.45) is 7.93. The summed E-state index contributed by atoms with van der Waals surface area (Å²) in [4.78, 5) is 0. The highest BCUT2D eigenvalue weighted by molar-refractivity contribution is 4.96. The first-order valence-corrected chi connectivity index (χ1v) is 6.76. The van der Waals surface area contributed by atoms with E-state index in [2.05, 4.69) is 25.7 Å². The number of ether oxygens (including phenoxy) is 1. The first kappa shape index (κ1) is 15.7. The van der Waals surface area contributed by atoms with E-state index in [4.69, 9.17) is 4.74 Å². The molecule has 0 heterocycles. The lowest BCUT2D eigenvalue weighted by atomic mass is 10.1. The van der Waals surface area contributed by atoms with Crippen LogP contribution in [0.4, 0.5) is 0 Å². The van der Waals surface area contributed by atoms with Crippen molar-refractivity contribution in [1.82, 2.24) is 5.32 Å². The van der Waals surface area contributed by atoms with Gasteiger partial charge in [-0.2, -0.15) is 0 Å². The van der Waals surface area contributed by atoms with Crippen LogP contribution in [0.1, 0.15) is 52.4 Å². The molecule has 0 atom stereocenters. The molecule has 0 bridgehead atoms. The lowest BCUT2D eigenvalue weighted by Crippen LogP contribution is -2.18. The summed E-state index contributed by atoms with van der Waals surface area (Å²) in [6.45, 7) is 11.8. The van der Waals surface area contributed by atoms with Gasteiger partial charge in [0, 0.05) is 13.2 Å². The Labute approximate surface area is 101 Å². The topological polar surface area (TPSA) is 21.3 Å². The van der Waals surface area contributed by atoms with Crippen LogP contribution in [-0.2, 0) is 4.74 Å². The summed E-state index contributed by atoms with van der Waals surface area (Å²) in [5.74, 6) is 0. The lowest BCUT2D eigenvalue weighted by Gasteiger charge is -2.07. The summed E-state index contributed by atoms with van der Waals surface area (Å²) in [7, 11) is 0. The van der Waals surface area contributed by atoms with Gasteiger partial charge in [0.1, 0.15) is 0 Å². The quantitative estimate of drug-likeness (QED) is 0.407. The third kappa shape index (κ3) is 11.7. The van der Waals surface area contributed by atoms with Crippen LogP contribution in [-0.4, -0.2) is 26.3 Å². The fraction of sp³-hybridized carbons (Fsp3) is 0.857. The first-order chi connectivity index (χ1) is 7.81. The van der Waals surface area contributed by atoms with Gasteiger partial charge in [-0.05, 0) is 18.5 Å². The largest absolute Gasteiger partial charge is 0.377 e. The maximum absolute atomic E-state index is 5.56. The molecular weight excluding hydrogens is 198 g/mol. The minimum absolute atomic E-state index is 0.710. The van der Waals surface area contributed by atoms with Crippen LogP contribution in [0.2, 0.25) is 0 Å². The second kappa shape index (κ2) is 12.7. The molecule has 0 saturated heterocycles. The Bertz CT molecular complexity index is 157. The van der Waals surface area contributed by atoms with Crippen LogP contribution >= 0.6 is 0 Å². The maximum Gasteiger partial charge on any atom is 0.0686 e. The van der Waals surface area contributed by atoms with Crippen molar-refractivity contribution in [2.24, 2.45) is 0 Å². The van der Waals surface area contributed by atoms with Gasteiger partial charge in [0.25, 0.3) is 0 Å². The Morgan fingerprint density at radius 1 is 1.06 bits per heavy atom. The van der Waals surface area contributed by atoms with Gasteiger partial charge in [0.05, 0.1) is 6.61 Å². The smallest absolute Gasteiger partial charge is 0.0686 e. The minimum Gasteiger partial charge on any atom is -0.377 e. The van der Waals surface area contributed by atoms with Gasteiger partial charge >= 0.3 is 0 Å². The highest BCUT2D eigenvalue weighted by atomic mass is 16.5. The number of rotatable bonds is 12. The average molecular weight is 227 g/mol. The number of hydrogen-bond acceptors (Lipinski definition) is 2. The maximum atomic E-state index is 5.56. The lowest BCUT2D eigenvalue weighted by molar-refractivity contribution is 0.150. The molecule has 0 unspecified atom stereocenters. The van der Waals surface area contributed by atoms with Crippen LogP contribution in [0, 0.1) is 0 Å². The van der Waals surface area contributed by atoms with E-state index >= 15 is 0 Å². The molecule has 0 saturated carbocycles. The summed E-state index contributed by atoms with van der Waals surface area (Å²) < 4.78 is 5.56. The van der Waals surface area contributed by atoms with Gasteiger partial charge in [-0.3, -0.25) is 0 Å². The SMILES string of the molecule is C=C(CNCC)COCCCCCCCC. The van der Waals surface area contributed by atoms with Gasteiger partial charge in [-0.1, -0.05) is 52.5 Å². The molecule has 0 aromatic rings. The zero-order valence-corrected chi connectivity index (χ0v) is 11.2. The Hall–Kier alpha value is -0.340. The molecule has 0 aliphatic carbocycles. The first-order valence-electron chi connectivity index (χ1n) is 6.76. The molecule has 0 aliphatic rings. The predicted molar refractivity (Wildman–Crippen MR) is 71.9 cm³/mol. The van der Waals surface area contributed by atoms with Crippen LogP contribution in [0.3, 0.4) is 0 Å². The number of nitrogens with one attached hydrogen (secondary N) is 1. The van der Waals surface area contributed by atoms with Crippen molar-refractivity contribution in [1.29, 1.82) is 0 Å². The van der Waals surface area contributed by atoms with E-state index in [1.807, 2.05) is 0 Å². The molecule has 2 heteroatoms. The second-order valence-corrected chi connectivity index (χ2v) is 4.35. The van der Waals surface area contributed by atoms with Crippen molar-refractivity contribution in [3.63, 3.8) is 0 Å². The summed E-state index contributed by atoms with van der Waals surface area (Å²) in [5, 5.41) is 3.24. The third-order valence-corrected chi connectivity index (χ3v) is 2.57. The zero-order chi connectivity index (χ0) is 12.1. The molecule has 0 aliphatic heterocycles. The highest BCUT2D eigenvalue weighted by Gasteiger charge is 1.94. The number of hydrogen-bond donors (Lipinski definition) is 1. The number of unbranched alkanes of at least 4 members (excludes halogenated alkanes) is 5. The molecule has 2 nitrogen and oxygen atoms in total. The second-order valence-electron chi connectivity index (χ2n) is 4.35. The van der Waals surface area contributed by atoms with Gasteiger partial charge in [0.2, 0.25) is 0 Å². The van der Waals surface area contributed by atoms with Gasteiger partial charge < -0.3 is 10.1 Å². The van der Waals surface area contributed by atoms with E-state index in [1.54, 1.807) is 0 Å². The minimum atomic E-state index is 0.710. The normalized spacial score (nSPS) is 10.6. The molecule has 96 valence electrons. The Kier molecular flexibility index (Phi) is 12.5. The Morgan fingerprint density at radius 2 is 1.75 bits per heavy atom. The van der Waals surface area contributed by atoms with E-state index in [0.29, 0.717) is 6.61 Å². The van der Waals surface area contributed by atoms with E-state index < -0.39 is 0 Å². The molecule has 16 heavy (non-hydrogen) atoms. The van der Waals surface area contributed by atoms with Crippen molar-refractivity contribution < 1.29 is 4.74 Å². The molecule has 0 spiro atoms. The third-order valence-electron chi connectivity index (χ3n) is 2.57. The van der Waals surface area contributed by atoms with Crippen molar-refractivity contribution in [2.45, 2.75) is 52.4 Å². The Morgan fingerprint density at radius 3 is 2.44 bits per heavy atom. The molecule has 0 aromatic heterocycles. The van der Waals surface area contributed by atoms with E-state index in [1.165, 1.54) is 38.5 Å². The van der Waals surface area contributed by atoms with Crippen LogP contribution in [0.15, 0.2) is 12.2 Å². The summed E-state index contributed by atoms with van der Waals surface area (Å²) >= 11 is 0. The molecule has 0 amide bonds. The summed E-state index contributed by atoms with van der Waals surface area (Å²) in [6, 6.07) is 0. The highest BCUT2D eigenvalue weighted by Crippen LogP contribution is 2.05. The monoisotopic (exact) mass is 227 g/mol. The molecule has 0 fully saturated rings. The fourth-order valence-corrected chi connectivity index (χ4v) is 1.55. The van der Waals surface area contributed by atoms with E-state index in [-0.39, 0.29) is 0 Å². The van der Waals surface area contributed by atoms with Crippen molar-refractivity contribution in [3.05, 3.63) is 12.2 Å². The van der Waals surface area contributed by atoms with E-state index in [0.717, 1.165) is 25.3 Å². The van der Waals surface area contributed by atoms with Crippen molar-refractivity contribution >= 4 is 0 Å². The fourth-order valence-electron chi connectivity index (χ4n) is 1.55. The van der Waals surface area contributed by atoms with Crippen LogP contribution in [0.25, 0.3) is 0 Å². The predicted octanol–water partition coefficient (Wildman–Crippen LogP) is 3.53. The van der Waals surface area contributed by atoms with Crippen LogP contribution < -0.4 is 5.32 Å². The summed E-state index contributed by atoms with van der Waals surface area (Å²) in [5.41, 5.74) is 1.15. The van der Waals surface area contributed by atoms with Crippen molar-refractivity contribution in [2.75, 3.05) is 26.3 Å². The molecular formula is C14H29NO. The van der Waals surface area contributed by atoms with E-state index in [9.17, 15) is 0 Å². The van der Waals surface area contributed by atoms with Gasteiger partial charge in [-0.25, -0.2) is 0 Å². The van der Waals surface area contributed by atoms with Gasteiger partial charge in [-0.15, -0.1) is 0 Å². The average Bonchev–Trinajstić information content (AvgIpc) is 2.30. The van der Waals surface area contributed by atoms with Crippen molar-refractivity contribution in [3.8, 4) is 0 Å². The van der Waals surface area contributed by atoms with Crippen LogP contribution in [0.5, 0.6) is 0 Å². The molecule has 0 radical (unpaired) electrons. The standard InChI is InChI=1S/C14H29NO/c1-4-6-7-8-9-10-11-16-13-14(3)12-15-5-2/h15H,3-13H2,1-2H3. The Balaban J connectivity index is 3.05. The molecule has 0 rings (SSSR count). The number of likely N-dealkylation sites (N-methyl/N-ethyl adjacent to an activating group) is 1.